The Bertz CT molecular complexity index is 1150. The molecule has 0 saturated carbocycles. The number of rotatable bonds is 2. The van der Waals surface area contributed by atoms with E-state index in [4.69, 9.17) is 0 Å². The van der Waals surface area contributed by atoms with Gasteiger partial charge < -0.3 is 4.90 Å². The molecule has 162 valence electrons. The minimum absolute atomic E-state index is 0.0310. The molecule has 0 N–H and O–H groups in total. The molecule has 2 aliphatic heterocycles. The Morgan fingerprint density at radius 1 is 1.13 bits per heavy atom. The van der Waals surface area contributed by atoms with Crippen LogP contribution in [0.1, 0.15) is 29.0 Å². The van der Waals surface area contributed by atoms with Crippen LogP contribution in [0.25, 0.3) is 16.9 Å². The molecule has 5 rings (SSSR count). The van der Waals surface area contributed by atoms with Gasteiger partial charge in [0.15, 0.2) is 17.0 Å². The zero-order valence-corrected chi connectivity index (χ0v) is 18.0. The van der Waals surface area contributed by atoms with Crippen molar-refractivity contribution in [1.82, 2.24) is 24.4 Å². The summed E-state index contributed by atoms with van der Waals surface area (Å²) in [6, 6.07) is 9.90. The van der Waals surface area contributed by atoms with E-state index < -0.39 is 11.9 Å². The number of alkyl halides is 3. The fourth-order valence-electron chi connectivity index (χ4n) is 4.41. The summed E-state index contributed by atoms with van der Waals surface area (Å²) in [7, 11) is 0. The summed E-state index contributed by atoms with van der Waals surface area (Å²) >= 11 is 3.31. The zero-order chi connectivity index (χ0) is 21.8. The first kappa shape index (κ1) is 20.4. The molecule has 2 fully saturated rings. The largest absolute Gasteiger partial charge is 0.433 e. The molecule has 3 aromatic rings. The molecule has 1 unspecified atom stereocenters. The van der Waals surface area contributed by atoms with Crippen LogP contribution in [-0.2, 0) is 6.18 Å². The number of piperazine rings is 1. The summed E-state index contributed by atoms with van der Waals surface area (Å²) in [4.78, 5) is 21.6. The Hall–Kier alpha value is -2.46. The van der Waals surface area contributed by atoms with E-state index in [1.165, 1.54) is 0 Å². The number of halogens is 4. The molecule has 0 radical (unpaired) electrons. The lowest BCUT2D eigenvalue weighted by Crippen LogP contribution is -2.52. The minimum atomic E-state index is -4.66. The van der Waals surface area contributed by atoms with Gasteiger partial charge in [-0.2, -0.15) is 18.3 Å². The summed E-state index contributed by atoms with van der Waals surface area (Å²) in [5.41, 5.74) is -0.337. The lowest BCUT2D eigenvalue weighted by molar-refractivity contribution is -0.142. The van der Waals surface area contributed by atoms with Gasteiger partial charge in [-0.25, -0.2) is 9.50 Å². The van der Waals surface area contributed by atoms with Crippen LogP contribution in [0.5, 0.6) is 0 Å². The molecule has 0 spiro atoms. The first-order valence-corrected chi connectivity index (χ1v) is 10.9. The van der Waals surface area contributed by atoms with E-state index in [-0.39, 0.29) is 27.4 Å². The predicted molar refractivity (Wildman–Crippen MR) is 112 cm³/mol. The monoisotopic (exact) mass is 493 g/mol. The van der Waals surface area contributed by atoms with Crippen LogP contribution >= 0.6 is 15.9 Å². The molecule has 1 amide bonds. The van der Waals surface area contributed by atoms with Crippen LogP contribution in [-0.4, -0.2) is 62.5 Å². The average Bonchev–Trinajstić information content (AvgIpc) is 3.36. The van der Waals surface area contributed by atoms with Crippen molar-refractivity contribution in [2.75, 3.05) is 26.2 Å². The maximum Gasteiger partial charge on any atom is 0.433 e. The van der Waals surface area contributed by atoms with Crippen molar-refractivity contribution in [1.29, 1.82) is 0 Å². The summed E-state index contributed by atoms with van der Waals surface area (Å²) in [6.07, 6.45) is -2.53. The highest BCUT2D eigenvalue weighted by atomic mass is 79.9. The van der Waals surface area contributed by atoms with Crippen molar-refractivity contribution in [2.45, 2.75) is 25.1 Å². The molecule has 2 saturated heterocycles. The molecule has 0 aliphatic carbocycles. The number of carbonyl (C=O) groups is 1. The molecule has 2 aliphatic rings. The third-order valence-corrected chi connectivity index (χ3v) is 6.70. The van der Waals surface area contributed by atoms with E-state index in [0.717, 1.165) is 36.5 Å². The lowest BCUT2D eigenvalue weighted by Gasteiger charge is -2.37. The van der Waals surface area contributed by atoms with E-state index >= 15 is 0 Å². The van der Waals surface area contributed by atoms with Gasteiger partial charge in [-0.05, 0) is 41.4 Å². The van der Waals surface area contributed by atoms with Crippen molar-refractivity contribution >= 4 is 27.5 Å². The standard InChI is InChI=1S/C21H19BrF3N5O/c22-17-18(20(31)29-10-9-28-8-4-7-14(28)12-29)27-30-16(21(23,24)25)11-15(26-19(17)30)13-5-2-1-3-6-13/h1-3,5-6,11,14H,4,7-10,12H2. The molecule has 6 nitrogen and oxygen atoms in total. The Morgan fingerprint density at radius 2 is 1.90 bits per heavy atom. The topological polar surface area (TPSA) is 53.7 Å². The van der Waals surface area contributed by atoms with Crippen molar-refractivity contribution in [3.8, 4) is 11.3 Å². The fourth-order valence-corrected chi connectivity index (χ4v) is 4.92. The minimum Gasteiger partial charge on any atom is -0.334 e. The smallest absolute Gasteiger partial charge is 0.334 e. The highest BCUT2D eigenvalue weighted by molar-refractivity contribution is 9.10. The fraction of sp³-hybridized carbons (Fsp3) is 0.381. The van der Waals surface area contributed by atoms with Gasteiger partial charge in [0.1, 0.15) is 0 Å². The van der Waals surface area contributed by atoms with E-state index in [0.29, 0.717) is 24.7 Å². The number of carbonyl (C=O) groups excluding carboxylic acids is 1. The van der Waals surface area contributed by atoms with E-state index in [1.807, 2.05) is 0 Å². The molecular weight excluding hydrogens is 475 g/mol. The highest BCUT2D eigenvalue weighted by Crippen LogP contribution is 2.35. The number of nitrogens with zero attached hydrogens (tertiary/aromatic N) is 5. The Labute approximate surface area is 184 Å². The molecular formula is C21H19BrF3N5O. The van der Waals surface area contributed by atoms with Crippen LogP contribution in [0, 0.1) is 0 Å². The van der Waals surface area contributed by atoms with E-state index in [2.05, 4.69) is 30.9 Å². The Morgan fingerprint density at radius 3 is 2.65 bits per heavy atom. The van der Waals surface area contributed by atoms with Crippen molar-refractivity contribution in [3.05, 3.63) is 52.3 Å². The zero-order valence-electron chi connectivity index (χ0n) is 16.4. The van der Waals surface area contributed by atoms with Gasteiger partial charge >= 0.3 is 6.18 Å². The van der Waals surface area contributed by atoms with Gasteiger partial charge in [0.2, 0.25) is 0 Å². The molecule has 10 heteroatoms. The summed E-state index contributed by atoms with van der Waals surface area (Å²) in [6.45, 7) is 2.90. The number of amides is 1. The van der Waals surface area contributed by atoms with Gasteiger partial charge in [-0.3, -0.25) is 9.69 Å². The van der Waals surface area contributed by atoms with E-state index in [9.17, 15) is 18.0 Å². The number of hydrogen-bond donors (Lipinski definition) is 0. The van der Waals surface area contributed by atoms with Crippen LogP contribution in [0.4, 0.5) is 13.2 Å². The SMILES string of the molecule is O=C(c1nn2c(C(F)(F)F)cc(-c3ccccc3)nc2c1Br)N1CCN2CCCC2C1. The summed E-state index contributed by atoms with van der Waals surface area (Å²) in [5, 5.41) is 4.06. The first-order chi connectivity index (χ1) is 14.8. The molecule has 2 aromatic heterocycles. The van der Waals surface area contributed by atoms with Crippen LogP contribution in [0.2, 0.25) is 0 Å². The second-order valence-corrected chi connectivity index (χ2v) is 8.66. The third kappa shape index (κ3) is 3.61. The van der Waals surface area contributed by atoms with Crippen molar-refractivity contribution in [2.24, 2.45) is 0 Å². The Balaban J connectivity index is 1.59. The second-order valence-electron chi connectivity index (χ2n) is 7.87. The van der Waals surface area contributed by atoms with Crippen LogP contribution in [0.3, 0.4) is 0 Å². The quantitative estimate of drug-likeness (QED) is 0.539. The van der Waals surface area contributed by atoms with Crippen LogP contribution < -0.4 is 0 Å². The van der Waals surface area contributed by atoms with Crippen LogP contribution in [0.15, 0.2) is 40.9 Å². The van der Waals surface area contributed by atoms with Gasteiger partial charge in [-0.1, -0.05) is 30.3 Å². The maximum absolute atomic E-state index is 13.9. The predicted octanol–water partition coefficient (Wildman–Crippen LogP) is 4.10. The summed E-state index contributed by atoms with van der Waals surface area (Å²) < 4.78 is 42.5. The van der Waals surface area contributed by atoms with Crippen molar-refractivity contribution in [3.63, 3.8) is 0 Å². The van der Waals surface area contributed by atoms with Gasteiger partial charge in [0.25, 0.3) is 5.91 Å². The highest BCUT2D eigenvalue weighted by Gasteiger charge is 2.38. The average molecular weight is 494 g/mol. The number of hydrogen-bond acceptors (Lipinski definition) is 4. The molecule has 0 bridgehead atoms. The molecule has 31 heavy (non-hydrogen) atoms. The first-order valence-electron chi connectivity index (χ1n) is 10.1. The lowest BCUT2D eigenvalue weighted by atomic mass is 10.1. The number of benzene rings is 1. The molecule has 4 heterocycles. The van der Waals surface area contributed by atoms with Gasteiger partial charge in [0, 0.05) is 31.2 Å². The second kappa shape index (κ2) is 7.59. The van der Waals surface area contributed by atoms with Crippen molar-refractivity contribution < 1.29 is 18.0 Å². The third-order valence-electron chi connectivity index (χ3n) is 5.97. The normalized spacial score (nSPS) is 19.7. The number of fused-ring (bicyclic) bond motifs is 2. The molecule has 1 atom stereocenters. The molecule has 1 aromatic carbocycles. The van der Waals surface area contributed by atoms with E-state index in [1.54, 1.807) is 35.2 Å². The van der Waals surface area contributed by atoms with Gasteiger partial charge in [0.05, 0.1) is 10.2 Å². The Kier molecular flexibility index (Phi) is 5.01. The number of aromatic nitrogens is 3. The van der Waals surface area contributed by atoms with Gasteiger partial charge in [-0.15, -0.1) is 0 Å². The maximum atomic E-state index is 13.9. The summed E-state index contributed by atoms with van der Waals surface area (Å²) in [5.74, 6) is -0.377.